The van der Waals surface area contributed by atoms with Crippen LogP contribution in [0, 0.1) is 18.8 Å². The Balaban J connectivity index is 1.48. The number of aromatic nitrogens is 6. The van der Waals surface area contributed by atoms with E-state index in [0.29, 0.717) is 28.9 Å². The summed E-state index contributed by atoms with van der Waals surface area (Å²) < 4.78 is 82.7. The summed E-state index contributed by atoms with van der Waals surface area (Å²) in [5.41, 5.74) is -1.01. The normalized spacial score (nSPS) is 16.3. The van der Waals surface area contributed by atoms with Crippen LogP contribution in [-0.4, -0.2) is 50.3 Å². The van der Waals surface area contributed by atoms with Crippen LogP contribution in [0.15, 0.2) is 30.6 Å². The quantitative estimate of drug-likeness (QED) is 0.182. The highest BCUT2D eigenvalue weighted by molar-refractivity contribution is 5.81. The van der Waals surface area contributed by atoms with Gasteiger partial charge < -0.3 is 15.1 Å². The molecule has 2 fully saturated rings. The molecule has 2 saturated carbocycles. The summed E-state index contributed by atoms with van der Waals surface area (Å²) in [5.74, 6) is 1.97. The lowest BCUT2D eigenvalue weighted by Crippen LogP contribution is -2.31. The molecule has 1 aromatic carbocycles. The maximum Gasteiger partial charge on any atom is 0.416 e. The van der Waals surface area contributed by atoms with Crippen molar-refractivity contribution < 1.29 is 26.3 Å². The second-order valence-electron chi connectivity index (χ2n) is 12.2. The number of rotatable bonds is 10. The molecular weight excluding hydrogens is 600 g/mol. The molecular formula is C30H33F6N9. The molecule has 15 heteroatoms. The Hall–Kier alpha value is -4.17. The minimum atomic E-state index is -4.98. The van der Waals surface area contributed by atoms with Crippen molar-refractivity contribution in [1.29, 1.82) is 0 Å². The first-order chi connectivity index (χ1) is 21.2. The molecule has 3 aromatic heterocycles. The van der Waals surface area contributed by atoms with Crippen LogP contribution >= 0.6 is 0 Å². The zero-order chi connectivity index (χ0) is 32.3. The second-order valence-corrected chi connectivity index (χ2v) is 12.2. The van der Waals surface area contributed by atoms with Gasteiger partial charge in [0, 0.05) is 43.3 Å². The number of hydrogen-bond acceptors (Lipinski definition) is 8. The Bertz CT molecular complexity index is 1650. The van der Waals surface area contributed by atoms with Gasteiger partial charge in [-0.25, -0.2) is 15.0 Å². The van der Waals surface area contributed by atoms with Gasteiger partial charge in [0.1, 0.15) is 12.1 Å². The standard InChI is InChI=1S/C30H33F6N9/c1-15-22-12-23(25(40-26(22)43-42-15)39-24(18-5-6-18)19-7-8-19)16(2)45(28-38-14-37-27(41-28)44(3)4)13-17-9-20(29(31,32)33)11-21(10-17)30(34,35)36/h9-12,14,16,18-19,24H,5-8,13H2,1-4H3,(H2,39,40,42,43). The number of nitrogens with one attached hydrogen (secondary N) is 2. The van der Waals surface area contributed by atoms with Crippen molar-refractivity contribution in [2.45, 2.75) is 70.5 Å². The number of halogens is 6. The van der Waals surface area contributed by atoms with E-state index in [0.717, 1.165) is 48.9 Å². The number of anilines is 3. The Kier molecular flexibility index (Phi) is 7.76. The SMILES string of the molecule is Cc1[nH]nc2nc(NC(C3CC3)C3CC3)c(C(C)N(Cc3cc(C(F)(F)F)cc(C(F)(F)F)c3)c3ncnc(N(C)C)n3)cc12. The average molecular weight is 634 g/mol. The predicted molar refractivity (Wildman–Crippen MR) is 157 cm³/mol. The number of alkyl halides is 6. The molecule has 45 heavy (non-hydrogen) atoms. The predicted octanol–water partition coefficient (Wildman–Crippen LogP) is 6.92. The smallest absolute Gasteiger partial charge is 0.366 e. The molecule has 0 radical (unpaired) electrons. The van der Waals surface area contributed by atoms with Crippen LogP contribution in [0.5, 0.6) is 0 Å². The maximum absolute atomic E-state index is 13.8. The van der Waals surface area contributed by atoms with Gasteiger partial charge in [-0.1, -0.05) is 0 Å². The van der Waals surface area contributed by atoms with Crippen LogP contribution in [0.25, 0.3) is 11.0 Å². The van der Waals surface area contributed by atoms with E-state index in [9.17, 15) is 26.3 Å². The van der Waals surface area contributed by atoms with Gasteiger partial charge in [0.2, 0.25) is 11.9 Å². The lowest BCUT2D eigenvalue weighted by molar-refractivity contribution is -0.143. The van der Waals surface area contributed by atoms with Gasteiger partial charge in [0.25, 0.3) is 0 Å². The van der Waals surface area contributed by atoms with Crippen LogP contribution < -0.4 is 15.1 Å². The largest absolute Gasteiger partial charge is 0.416 e. The third-order valence-electron chi connectivity index (χ3n) is 8.45. The molecule has 4 aromatic rings. The first kappa shape index (κ1) is 30.8. The molecule has 2 aliphatic carbocycles. The molecule has 3 heterocycles. The van der Waals surface area contributed by atoms with Crippen molar-refractivity contribution in [2.75, 3.05) is 29.2 Å². The zero-order valence-corrected chi connectivity index (χ0v) is 25.1. The van der Waals surface area contributed by atoms with Crippen molar-refractivity contribution in [2.24, 2.45) is 11.8 Å². The van der Waals surface area contributed by atoms with Crippen LogP contribution in [0.1, 0.15) is 66.6 Å². The van der Waals surface area contributed by atoms with Crippen molar-refractivity contribution in [3.8, 4) is 0 Å². The maximum atomic E-state index is 13.8. The highest BCUT2D eigenvalue weighted by Crippen LogP contribution is 2.47. The average Bonchev–Trinajstić information content (AvgIpc) is 3.92. The molecule has 0 amide bonds. The lowest BCUT2D eigenvalue weighted by atomic mass is 10.0. The van der Waals surface area contributed by atoms with E-state index in [2.05, 4.69) is 30.5 Å². The van der Waals surface area contributed by atoms with Gasteiger partial charge in [-0.05, 0) is 81.2 Å². The molecule has 9 nitrogen and oxygen atoms in total. The van der Waals surface area contributed by atoms with E-state index < -0.39 is 29.5 Å². The molecule has 0 spiro atoms. The lowest BCUT2D eigenvalue weighted by Gasteiger charge is -2.32. The van der Waals surface area contributed by atoms with E-state index in [4.69, 9.17) is 4.98 Å². The first-order valence-electron chi connectivity index (χ1n) is 14.7. The summed E-state index contributed by atoms with van der Waals surface area (Å²) in [6, 6.07) is 3.07. The molecule has 0 aliphatic heterocycles. The van der Waals surface area contributed by atoms with E-state index in [1.54, 1.807) is 23.9 Å². The van der Waals surface area contributed by atoms with Gasteiger partial charge in [-0.3, -0.25) is 5.10 Å². The fraction of sp³-hybridized carbons (Fsp3) is 0.500. The monoisotopic (exact) mass is 633 g/mol. The fourth-order valence-corrected chi connectivity index (χ4v) is 5.69. The van der Waals surface area contributed by atoms with Crippen LogP contribution in [0.4, 0.5) is 44.1 Å². The zero-order valence-electron chi connectivity index (χ0n) is 25.1. The number of fused-ring (bicyclic) bond motifs is 1. The molecule has 2 N–H and O–H groups in total. The van der Waals surface area contributed by atoms with E-state index in [1.807, 2.05) is 19.9 Å². The number of aromatic amines is 1. The van der Waals surface area contributed by atoms with Gasteiger partial charge in [-0.2, -0.15) is 36.4 Å². The van der Waals surface area contributed by atoms with E-state index in [-0.39, 0.29) is 36.1 Å². The number of pyridine rings is 1. The highest BCUT2D eigenvalue weighted by Gasteiger charge is 2.42. The van der Waals surface area contributed by atoms with Crippen molar-refractivity contribution in [3.05, 3.63) is 58.5 Å². The number of aryl methyl sites for hydroxylation is 1. The fourth-order valence-electron chi connectivity index (χ4n) is 5.69. The summed E-state index contributed by atoms with van der Waals surface area (Å²) in [4.78, 5) is 21.1. The molecule has 2 aliphatic rings. The number of hydrogen-bond donors (Lipinski definition) is 2. The molecule has 0 saturated heterocycles. The Morgan fingerprint density at radius 3 is 2.04 bits per heavy atom. The van der Waals surface area contributed by atoms with Gasteiger partial charge >= 0.3 is 12.4 Å². The first-order valence-corrected chi connectivity index (χ1v) is 14.7. The summed E-state index contributed by atoms with van der Waals surface area (Å²) in [7, 11) is 3.43. The molecule has 0 bridgehead atoms. The summed E-state index contributed by atoms with van der Waals surface area (Å²) in [6.07, 6.45) is -4.24. The van der Waals surface area contributed by atoms with Gasteiger partial charge in [-0.15, -0.1) is 0 Å². The summed E-state index contributed by atoms with van der Waals surface area (Å²) >= 11 is 0. The number of nitrogens with zero attached hydrogens (tertiary/aromatic N) is 7. The van der Waals surface area contributed by atoms with Crippen LogP contribution in [0.3, 0.4) is 0 Å². The van der Waals surface area contributed by atoms with Crippen LogP contribution in [0.2, 0.25) is 0 Å². The second kappa shape index (κ2) is 11.3. The topological polar surface area (TPSA) is 98.8 Å². The van der Waals surface area contributed by atoms with Gasteiger partial charge in [0.05, 0.1) is 17.2 Å². The minimum Gasteiger partial charge on any atom is -0.366 e. The van der Waals surface area contributed by atoms with E-state index in [1.165, 1.54) is 6.33 Å². The number of benzene rings is 1. The molecule has 240 valence electrons. The molecule has 1 unspecified atom stereocenters. The number of H-pyrrole nitrogens is 1. The minimum absolute atomic E-state index is 0.0862. The highest BCUT2D eigenvalue weighted by atomic mass is 19.4. The Labute approximate surface area is 255 Å². The van der Waals surface area contributed by atoms with Crippen LogP contribution in [-0.2, 0) is 18.9 Å². The molecule has 1 atom stereocenters. The van der Waals surface area contributed by atoms with Crippen molar-refractivity contribution >= 4 is 28.7 Å². The van der Waals surface area contributed by atoms with Gasteiger partial charge in [0.15, 0.2) is 5.65 Å². The van der Waals surface area contributed by atoms with E-state index >= 15 is 0 Å². The van der Waals surface area contributed by atoms with Crippen molar-refractivity contribution in [3.63, 3.8) is 0 Å². The third-order valence-corrected chi connectivity index (χ3v) is 8.45. The summed E-state index contributed by atoms with van der Waals surface area (Å²) in [6.45, 7) is 3.30. The Morgan fingerprint density at radius 2 is 1.49 bits per heavy atom. The Morgan fingerprint density at radius 1 is 0.889 bits per heavy atom. The summed E-state index contributed by atoms with van der Waals surface area (Å²) in [5, 5.41) is 11.7. The van der Waals surface area contributed by atoms with Crippen molar-refractivity contribution in [1.82, 2.24) is 30.1 Å². The third kappa shape index (κ3) is 6.61. The molecule has 6 rings (SSSR count).